The van der Waals surface area contributed by atoms with Crippen LogP contribution in [-0.4, -0.2) is 37.4 Å². The predicted octanol–water partition coefficient (Wildman–Crippen LogP) is 3.99. The first kappa shape index (κ1) is 20.5. The van der Waals surface area contributed by atoms with Crippen LogP contribution in [0.25, 0.3) is 0 Å². The highest BCUT2D eigenvalue weighted by molar-refractivity contribution is 6.06. The number of hydrogen-bond donors (Lipinski definition) is 1. The molecule has 0 heterocycles. The number of carbonyl (C=O) groups is 2. The van der Waals surface area contributed by atoms with E-state index in [1.165, 1.54) is 0 Å². The molecule has 0 aliphatic carbocycles. The molecular formula is C22H28N2O3. The second-order valence-electron chi connectivity index (χ2n) is 7.14. The highest BCUT2D eigenvalue weighted by atomic mass is 16.5. The molecule has 0 aliphatic heterocycles. The van der Waals surface area contributed by atoms with Gasteiger partial charge in [0.25, 0.3) is 5.91 Å². The van der Waals surface area contributed by atoms with Crippen molar-refractivity contribution in [2.24, 2.45) is 5.92 Å². The lowest BCUT2D eigenvalue weighted by molar-refractivity contribution is -0.127. The Morgan fingerprint density at radius 3 is 2.33 bits per heavy atom. The summed E-state index contributed by atoms with van der Waals surface area (Å²) < 4.78 is 5.79. The Bertz CT molecular complexity index is 767. The predicted molar refractivity (Wildman–Crippen MR) is 108 cm³/mol. The molecular weight excluding hydrogens is 340 g/mol. The summed E-state index contributed by atoms with van der Waals surface area (Å²) in [5, 5.41) is 2.89. The molecule has 0 fully saturated rings. The molecule has 0 aromatic heterocycles. The Hall–Kier alpha value is -2.82. The van der Waals surface area contributed by atoms with Crippen molar-refractivity contribution in [3.63, 3.8) is 0 Å². The SMILES string of the molecule is CC(C)CCOc1ccccc1C(=O)Nc1ccc(CC(=O)N(C)C)cc1. The van der Waals surface area contributed by atoms with Crippen LogP contribution in [0.3, 0.4) is 0 Å². The van der Waals surface area contributed by atoms with Crippen LogP contribution in [0.5, 0.6) is 5.75 Å². The van der Waals surface area contributed by atoms with Gasteiger partial charge in [0.15, 0.2) is 0 Å². The van der Waals surface area contributed by atoms with E-state index in [1.807, 2.05) is 30.3 Å². The fraction of sp³-hybridized carbons (Fsp3) is 0.364. The minimum atomic E-state index is -0.215. The third kappa shape index (κ3) is 6.44. The van der Waals surface area contributed by atoms with Gasteiger partial charge in [-0.2, -0.15) is 0 Å². The fourth-order valence-corrected chi connectivity index (χ4v) is 2.42. The smallest absolute Gasteiger partial charge is 0.259 e. The molecule has 0 saturated heterocycles. The molecule has 2 amide bonds. The zero-order valence-corrected chi connectivity index (χ0v) is 16.5. The second-order valence-corrected chi connectivity index (χ2v) is 7.14. The largest absolute Gasteiger partial charge is 0.493 e. The molecule has 1 N–H and O–H groups in total. The van der Waals surface area contributed by atoms with Crippen molar-refractivity contribution in [3.05, 3.63) is 59.7 Å². The van der Waals surface area contributed by atoms with Crippen molar-refractivity contribution in [1.82, 2.24) is 4.90 Å². The Kier molecular flexibility index (Phi) is 7.41. The molecule has 5 nitrogen and oxygen atoms in total. The van der Waals surface area contributed by atoms with Gasteiger partial charge in [-0.3, -0.25) is 9.59 Å². The lowest BCUT2D eigenvalue weighted by Crippen LogP contribution is -2.23. The molecule has 0 unspecified atom stereocenters. The normalized spacial score (nSPS) is 10.6. The van der Waals surface area contributed by atoms with E-state index < -0.39 is 0 Å². The van der Waals surface area contributed by atoms with E-state index in [2.05, 4.69) is 19.2 Å². The molecule has 27 heavy (non-hydrogen) atoms. The molecule has 0 spiro atoms. The number of anilines is 1. The Labute approximate surface area is 161 Å². The molecule has 0 saturated carbocycles. The molecule has 144 valence electrons. The maximum absolute atomic E-state index is 12.6. The van der Waals surface area contributed by atoms with Gasteiger partial charge < -0.3 is 15.0 Å². The zero-order valence-electron chi connectivity index (χ0n) is 16.5. The standard InChI is InChI=1S/C22H28N2O3/c1-16(2)13-14-27-20-8-6-5-7-19(20)22(26)23-18-11-9-17(10-12-18)15-21(25)24(3)4/h5-12,16H,13-15H2,1-4H3,(H,23,26). The van der Waals surface area contributed by atoms with Crippen LogP contribution in [-0.2, 0) is 11.2 Å². The van der Waals surface area contributed by atoms with Crippen molar-refractivity contribution in [1.29, 1.82) is 0 Å². The summed E-state index contributed by atoms with van der Waals surface area (Å²) >= 11 is 0. The Morgan fingerprint density at radius 1 is 1.04 bits per heavy atom. The quantitative estimate of drug-likeness (QED) is 0.766. The summed E-state index contributed by atoms with van der Waals surface area (Å²) in [6.45, 7) is 4.85. The number of carbonyl (C=O) groups excluding carboxylic acids is 2. The number of benzene rings is 2. The van der Waals surface area contributed by atoms with Crippen LogP contribution in [0.15, 0.2) is 48.5 Å². The van der Waals surface area contributed by atoms with Crippen molar-refractivity contribution in [2.75, 3.05) is 26.0 Å². The van der Waals surface area contributed by atoms with Gasteiger partial charge in [-0.1, -0.05) is 38.1 Å². The number of hydrogen-bond acceptors (Lipinski definition) is 3. The van der Waals surface area contributed by atoms with E-state index in [9.17, 15) is 9.59 Å². The first-order chi connectivity index (χ1) is 12.9. The van der Waals surface area contributed by atoms with Gasteiger partial charge in [-0.25, -0.2) is 0 Å². The average Bonchev–Trinajstić information content (AvgIpc) is 2.63. The molecule has 0 atom stereocenters. The van der Waals surface area contributed by atoms with Crippen LogP contribution in [0.4, 0.5) is 5.69 Å². The first-order valence-corrected chi connectivity index (χ1v) is 9.19. The number of likely N-dealkylation sites (N-methyl/N-ethyl adjacent to an activating group) is 1. The number of rotatable bonds is 8. The molecule has 2 aromatic rings. The van der Waals surface area contributed by atoms with Gasteiger partial charge >= 0.3 is 0 Å². The van der Waals surface area contributed by atoms with Crippen molar-refractivity contribution >= 4 is 17.5 Å². The molecule has 5 heteroatoms. The molecule has 2 aromatic carbocycles. The molecule has 2 rings (SSSR count). The lowest BCUT2D eigenvalue weighted by Gasteiger charge is -2.13. The van der Waals surface area contributed by atoms with E-state index >= 15 is 0 Å². The maximum Gasteiger partial charge on any atom is 0.259 e. The van der Waals surface area contributed by atoms with E-state index in [1.54, 1.807) is 37.2 Å². The van der Waals surface area contributed by atoms with Crippen LogP contribution in [0, 0.1) is 5.92 Å². The minimum absolute atomic E-state index is 0.0410. The summed E-state index contributed by atoms with van der Waals surface area (Å²) in [7, 11) is 3.47. The summed E-state index contributed by atoms with van der Waals surface area (Å²) in [4.78, 5) is 26.0. The highest BCUT2D eigenvalue weighted by Gasteiger charge is 2.13. The van der Waals surface area contributed by atoms with Crippen LogP contribution in [0.2, 0.25) is 0 Å². The van der Waals surface area contributed by atoms with Gasteiger partial charge in [0.05, 0.1) is 18.6 Å². The van der Waals surface area contributed by atoms with Gasteiger partial charge in [-0.15, -0.1) is 0 Å². The van der Waals surface area contributed by atoms with Crippen LogP contribution in [0.1, 0.15) is 36.2 Å². The van der Waals surface area contributed by atoms with Crippen molar-refractivity contribution in [2.45, 2.75) is 26.7 Å². The monoisotopic (exact) mass is 368 g/mol. The Morgan fingerprint density at radius 2 is 1.70 bits per heavy atom. The minimum Gasteiger partial charge on any atom is -0.493 e. The van der Waals surface area contributed by atoms with E-state index in [0.29, 0.717) is 35.9 Å². The average molecular weight is 368 g/mol. The van der Waals surface area contributed by atoms with Crippen LogP contribution >= 0.6 is 0 Å². The number of nitrogens with one attached hydrogen (secondary N) is 1. The van der Waals surface area contributed by atoms with E-state index in [4.69, 9.17) is 4.74 Å². The van der Waals surface area contributed by atoms with Gasteiger partial charge in [0.1, 0.15) is 5.75 Å². The summed E-state index contributed by atoms with van der Waals surface area (Å²) in [6, 6.07) is 14.6. The highest BCUT2D eigenvalue weighted by Crippen LogP contribution is 2.21. The topological polar surface area (TPSA) is 58.6 Å². The lowest BCUT2D eigenvalue weighted by atomic mass is 10.1. The van der Waals surface area contributed by atoms with Crippen LogP contribution < -0.4 is 10.1 Å². The summed E-state index contributed by atoms with van der Waals surface area (Å²) in [6.07, 6.45) is 1.27. The van der Waals surface area contributed by atoms with Crippen molar-refractivity contribution < 1.29 is 14.3 Å². The number of nitrogens with zero attached hydrogens (tertiary/aromatic N) is 1. The first-order valence-electron chi connectivity index (χ1n) is 9.19. The maximum atomic E-state index is 12.6. The van der Waals surface area contributed by atoms with E-state index in [-0.39, 0.29) is 11.8 Å². The fourth-order valence-electron chi connectivity index (χ4n) is 2.42. The van der Waals surface area contributed by atoms with Crippen molar-refractivity contribution in [3.8, 4) is 5.75 Å². The molecule has 0 bridgehead atoms. The summed E-state index contributed by atoms with van der Waals surface area (Å²) in [5.41, 5.74) is 2.09. The molecule has 0 radical (unpaired) electrons. The third-order valence-electron chi connectivity index (χ3n) is 4.15. The van der Waals surface area contributed by atoms with Gasteiger partial charge in [-0.05, 0) is 42.2 Å². The number of para-hydroxylation sites is 1. The number of ether oxygens (including phenoxy) is 1. The summed E-state index contributed by atoms with van der Waals surface area (Å²) in [5.74, 6) is 0.958. The second kappa shape index (κ2) is 9.76. The van der Waals surface area contributed by atoms with E-state index in [0.717, 1.165) is 12.0 Å². The zero-order chi connectivity index (χ0) is 19.8. The third-order valence-corrected chi connectivity index (χ3v) is 4.15. The Balaban J connectivity index is 2.01. The number of amides is 2. The van der Waals surface area contributed by atoms with Gasteiger partial charge in [0, 0.05) is 19.8 Å². The van der Waals surface area contributed by atoms with Gasteiger partial charge in [0.2, 0.25) is 5.91 Å². The molecule has 0 aliphatic rings.